The van der Waals surface area contributed by atoms with E-state index in [1.807, 2.05) is 21.0 Å². The largest absolute Gasteiger partial charge is 0.481 e. The van der Waals surface area contributed by atoms with Gasteiger partial charge in [0, 0.05) is 26.2 Å². The third-order valence-corrected chi connectivity index (χ3v) is 4.88. The van der Waals surface area contributed by atoms with Crippen LogP contribution in [0.1, 0.15) is 37.3 Å². The average molecular weight is 334 g/mol. The number of rotatable bonds is 7. The van der Waals surface area contributed by atoms with Crippen LogP contribution in [0.5, 0.6) is 0 Å². The molecule has 0 bridgehead atoms. The second kappa shape index (κ2) is 8.10. The van der Waals surface area contributed by atoms with E-state index in [4.69, 9.17) is 0 Å². The number of likely N-dealkylation sites (tertiary alicyclic amines) is 1. The fourth-order valence-electron chi connectivity index (χ4n) is 3.76. The van der Waals surface area contributed by atoms with Crippen molar-refractivity contribution in [2.24, 2.45) is 5.41 Å². The van der Waals surface area contributed by atoms with Crippen LogP contribution >= 0.6 is 0 Å². The molecule has 1 saturated heterocycles. The predicted octanol–water partition coefficient (Wildman–Crippen LogP) is 2.19. The highest BCUT2D eigenvalue weighted by molar-refractivity contribution is 5.76. The summed E-state index contributed by atoms with van der Waals surface area (Å²) in [4.78, 5) is 16.2. The lowest BCUT2D eigenvalue weighted by Crippen LogP contribution is -2.55. The molecule has 2 rings (SSSR count). The molecule has 2 atom stereocenters. The van der Waals surface area contributed by atoms with Gasteiger partial charge in [0.15, 0.2) is 0 Å². The van der Waals surface area contributed by atoms with Crippen LogP contribution in [0.4, 0.5) is 0 Å². The zero-order valence-electron chi connectivity index (χ0n) is 15.0. The van der Waals surface area contributed by atoms with Crippen molar-refractivity contribution in [1.82, 2.24) is 9.80 Å². The van der Waals surface area contributed by atoms with Gasteiger partial charge < -0.3 is 15.1 Å². The molecule has 0 aromatic heterocycles. The van der Waals surface area contributed by atoms with E-state index in [0.29, 0.717) is 19.4 Å². The molecule has 0 amide bonds. The standard InChI is InChI=1S/C19H30N2O3/c1-4-9-19(18(23)24)14-21(10-8-17(19)22)13-16-7-5-6-15(11-16)12-20(2)3/h5-7,11,17,22H,4,8-10,12-14H2,1-3H3,(H,23,24)/t17-,19+/m0/s1. The summed E-state index contributed by atoms with van der Waals surface area (Å²) >= 11 is 0. The highest BCUT2D eigenvalue weighted by atomic mass is 16.4. The molecule has 1 aliphatic rings. The number of aliphatic hydroxyl groups is 1. The minimum absolute atomic E-state index is 0.412. The third-order valence-electron chi connectivity index (χ3n) is 4.88. The van der Waals surface area contributed by atoms with Crippen molar-refractivity contribution in [2.45, 2.75) is 45.4 Å². The summed E-state index contributed by atoms with van der Waals surface area (Å²) < 4.78 is 0. The number of aliphatic carboxylic acids is 1. The Morgan fingerprint density at radius 2 is 2.08 bits per heavy atom. The van der Waals surface area contributed by atoms with E-state index < -0.39 is 17.5 Å². The van der Waals surface area contributed by atoms with E-state index in [2.05, 4.69) is 34.1 Å². The number of benzene rings is 1. The normalized spacial score (nSPS) is 25.1. The van der Waals surface area contributed by atoms with E-state index in [-0.39, 0.29) is 0 Å². The average Bonchev–Trinajstić information content (AvgIpc) is 2.50. The minimum Gasteiger partial charge on any atom is -0.481 e. The van der Waals surface area contributed by atoms with Gasteiger partial charge in [-0.2, -0.15) is 0 Å². The van der Waals surface area contributed by atoms with Crippen LogP contribution in [0.25, 0.3) is 0 Å². The van der Waals surface area contributed by atoms with Crippen LogP contribution in [0.15, 0.2) is 24.3 Å². The van der Waals surface area contributed by atoms with Crippen LogP contribution in [0.2, 0.25) is 0 Å². The van der Waals surface area contributed by atoms with Crippen molar-refractivity contribution < 1.29 is 15.0 Å². The van der Waals surface area contributed by atoms with Gasteiger partial charge in [0.25, 0.3) is 0 Å². The van der Waals surface area contributed by atoms with Crippen LogP contribution in [0, 0.1) is 5.41 Å². The Labute approximate surface area is 144 Å². The molecule has 134 valence electrons. The van der Waals surface area contributed by atoms with Crippen molar-refractivity contribution in [3.63, 3.8) is 0 Å². The first-order valence-corrected chi connectivity index (χ1v) is 8.73. The maximum Gasteiger partial charge on any atom is 0.313 e. The first-order valence-electron chi connectivity index (χ1n) is 8.73. The molecule has 5 nitrogen and oxygen atoms in total. The Balaban J connectivity index is 2.11. The zero-order valence-corrected chi connectivity index (χ0v) is 15.0. The molecule has 0 unspecified atom stereocenters. The molecule has 2 N–H and O–H groups in total. The van der Waals surface area contributed by atoms with Crippen LogP contribution < -0.4 is 0 Å². The van der Waals surface area contributed by atoms with Gasteiger partial charge in [0.05, 0.1) is 6.10 Å². The van der Waals surface area contributed by atoms with Crippen LogP contribution in [0.3, 0.4) is 0 Å². The van der Waals surface area contributed by atoms with E-state index in [0.717, 1.165) is 26.1 Å². The Hall–Kier alpha value is -1.43. The molecule has 1 fully saturated rings. The molecule has 5 heteroatoms. The minimum atomic E-state index is -1.03. The van der Waals surface area contributed by atoms with Gasteiger partial charge in [-0.25, -0.2) is 0 Å². The lowest BCUT2D eigenvalue weighted by atomic mass is 9.74. The first kappa shape index (κ1) is 18.9. The van der Waals surface area contributed by atoms with Crippen LogP contribution in [-0.4, -0.2) is 59.3 Å². The Kier molecular flexibility index (Phi) is 6.38. The predicted molar refractivity (Wildman–Crippen MR) is 94.7 cm³/mol. The molecule has 1 aliphatic heterocycles. The Morgan fingerprint density at radius 1 is 1.38 bits per heavy atom. The van der Waals surface area contributed by atoms with Gasteiger partial charge in [-0.3, -0.25) is 9.69 Å². The van der Waals surface area contributed by atoms with Crippen molar-refractivity contribution in [2.75, 3.05) is 27.2 Å². The summed E-state index contributed by atoms with van der Waals surface area (Å²) in [5, 5.41) is 20.1. The molecule has 0 radical (unpaired) electrons. The fourth-order valence-corrected chi connectivity index (χ4v) is 3.76. The number of hydrogen-bond donors (Lipinski definition) is 2. The molecule has 0 saturated carbocycles. The van der Waals surface area contributed by atoms with Crippen molar-refractivity contribution >= 4 is 5.97 Å². The van der Waals surface area contributed by atoms with E-state index >= 15 is 0 Å². The number of aliphatic hydroxyl groups excluding tert-OH is 1. The van der Waals surface area contributed by atoms with Gasteiger partial charge in [-0.15, -0.1) is 0 Å². The summed E-state index contributed by atoms with van der Waals surface area (Å²) in [6, 6.07) is 8.45. The summed E-state index contributed by atoms with van der Waals surface area (Å²) in [7, 11) is 4.09. The maximum atomic E-state index is 11.9. The third kappa shape index (κ3) is 4.35. The second-order valence-corrected chi connectivity index (χ2v) is 7.28. The molecule has 1 heterocycles. The quantitative estimate of drug-likeness (QED) is 0.800. The Morgan fingerprint density at radius 3 is 2.71 bits per heavy atom. The maximum absolute atomic E-state index is 11.9. The van der Waals surface area contributed by atoms with Gasteiger partial charge in [0.2, 0.25) is 0 Å². The monoisotopic (exact) mass is 334 g/mol. The van der Waals surface area contributed by atoms with Crippen molar-refractivity contribution in [1.29, 1.82) is 0 Å². The zero-order chi connectivity index (χ0) is 17.7. The van der Waals surface area contributed by atoms with Gasteiger partial charge in [-0.1, -0.05) is 37.6 Å². The van der Waals surface area contributed by atoms with Crippen molar-refractivity contribution in [3.05, 3.63) is 35.4 Å². The van der Waals surface area contributed by atoms with E-state index in [9.17, 15) is 15.0 Å². The van der Waals surface area contributed by atoms with Crippen molar-refractivity contribution in [3.8, 4) is 0 Å². The summed E-state index contributed by atoms with van der Waals surface area (Å²) in [6.45, 7) is 4.74. The lowest BCUT2D eigenvalue weighted by molar-refractivity contribution is -0.164. The topological polar surface area (TPSA) is 64.0 Å². The number of piperidine rings is 1. The number of carboxylic acid groups (broad SMARTS) is 1. The van der Waals surface area contributed by atoms with E-state index in [1.165, 1.54) is 11.1 Å². The molecular formula is C19H30N2O3. The highest BCUT2D eigenvalue weighted by Crippen LogP contribution is 2.36. The number of carbonyl (C=O) groups is 1. The van der Waals surface area contributed by atoms with Gasteiger partial charge in [-0.05, 0) is 38.1 Å². The van der Waals surface area contributed by atoms with Gasteiger partial charge >= 0.3 is 5.97 Å². The number of hydrogen-bond acceptors (Lipinski definition) is 4. The molecule has 0 aliphatic carbocycles. The van der Waals surface area contributed by atoms with Gasteiger partial charge in [0.1, 0.15) is 5.41 Å². The highest BCUT2D eigenvalue weighted by Gasteiger charge is 2.48. The molecule has 1 aromatic carbocycles. The number of carboxylic acids is 1. The SMILES string of the molecule is CCC[C@@]1(C(=O)O)CN(Cc2cccc(CN(C)C)c2)CC[C@@H]1O. The second-order valence-electron chi connectivity index (χ2n) is 7.28. The summed E-state index contributed by atoms with van der Waals surface area (Å²) in [6.07, 6.45) is 1.03. The molecule has 1 aromatic rings. The summed E-state index contributed by atoms with van der Waals surface area (Å²) in [5.74, 6) is -0.872. The van der Waals surface area contributed by atoms with E-state index in [1.54, 1.807) is 0 Å². The lowest BCUT2D eigenvalue weighted by Gasteiger charge is -2.43. The van der Waals surface area contributed by atoms with Crippen LogP contribution in [-0.2, 0) is 17.9 Å². The molecular weight excluding hydrogens is 304 g/mol. The molecule has 24 heavy (non-hydrogen) atoms. The smallest absolute Gasteiger partial charge is 0.313 e. The summed E-state index contributed by atoms with van der Waals surface area (Å²) in [5.41, 5.74) is 1.42. The molecule has 0 spiro atoms. The first-order chi connectivity index (χ1) is 11.4. The Bertz CT molecular complexity index is 561. The fraction of sp³-hybridized carbons (Fsp3) is 0.632. The number of nitrogens with zero attached hydrogens (tertiary/aromatic N) is 2.